The first kappa shape index (κ1) is 25.4. The zero-order valence-corrected chi connectivity index (χ0v) is 22.3. The number of nitrogens with two attached hydrogens (primary N) is 1. The van der Waals surface area contributed by atoms with Crippen LogP contribution in [0.2, 0.25) is 0 Å². The van der Waals surface area contributed by atoms with Gasteiger partial charge in [0.1, 0.15) is 6.04 Å². The maximum atomic E-state index is 12.4. The minimum atomic E-state index is -0.708. The number of halogens is 1. The Bertz CT molecular complexity index is 1150. The van der Waals surface area contributed by atoms with Crippen molar-refractivity contribution in [3.05, 3.63) is 63.4 Å². The Kier molecular flexibility index (Phi) is 8.57. The lowest BCUT2D eigenvalue weighted by molar-refractivity contribution is -0.127. The molecular weight excluding hydrogens is 524 g/mol. The first-order valence-corrected chi connectivity index (χ1v) is 13.7. The zero-order valence-electron chi connectivity index (χ0n) is 19.9. The summed E-state index contributed by atoms with van der Waals surface area (Å²) < 4.78 is 1.04. The van der Waals surface area contributed by atoms with Crippen LogP contribution in [0.1, 0.15) is 49.0 Å². The number of carbonyl (C=O) groups excluding carboxylic acids is 2. The van der Waals surface area contributed by atoms with Crippen molar-refractivity contribution in [1.29, 1.82) is 0 Å². The molecule has 2 aromatic carbocycles. The minimum absolute atomic E-state index is 0.0975. The van der Waals surface area contributed by atoms with E-state index < -0.39 is 11.9 Å². The van der Waals surface area contributed by atoms with Crippen LogP contribution in [0.3, 0.4) is 0 Å². The van der Waals surface area contributed by atoms with Gasteiger partial charge in [0.2, 0.25) is 11.8 Å². The van der Waals surface area contributed by atoms with Crippen molar-refractivity contribution in [3.8, 4) is 11.3 Å². The van der Waals surface area contributed by atoms with Crippen molar-refractivity contribution >= 4 is 49.9 Å². The summed E-state index contributed by atoms with van der Waals surface area (Å²) in [5.74, 6) is 0.0280. The van der Waals surface area contributed by atoms with Crippen LogP contribution in [0.5, 0.6) is 0 Å². The predicted octanol–water partition coefficient (Wildman–Crippen LogP) is 6.11. The van der Waals surface area contributed by atoms with Gasteiger partial charge >= 0.3 is 0 Å². The molecule has 0 spiro atoms. The summed E-state index contributed by atoms with van der Waals surface area (Å²) in [5.41, 5.74) is 9.46. The molecule has 3 aromatic rings. The van der Waals surface area contributed by atoms with E-state index >= 15 is 0 Å². The van der Waals surface area contributed by atoms with E-state index in [1.807, 2.05) is 48.5 Å². The maximum absolute atomic E-state index is 12.4. The van der Waals surface area contributed by atoms with Gasteiger partial charge in [-0.25, -0.2) is 4.98 Å². The second kappa shape index (κ2) is 11.8. The molecule has 2 amide bonds. The SMILES string of the molecule is Cc1sc(Nc2ccc(CC(NC(=O)CCC3CCCC3)C(N)=O)cc2)nc1-c1ccc(Br)cc1. The number of aryl methyl sites for hydroxylation is 1. The van der Waals surface area contributed by atoms with Gasteiger partial charge in [0, 0.05) is 33.4 Å². The highest BCUT2D eigenvalue weighted by Gasteiger charge is 2.21. The molecule has 8 heteroatoms. The van der Waals surface area contributed by atoms with Crippen LogP contribution in [0, 0.1) is 12.8 Å². The van der Waals surface area contributed by atoms with Gasteiger partial charge in [-0.2, -0.15) is 0 Å². The topological polar surface area (TPSA) is 97.1 Å². The highest BCUT2D eigenvalue weighted by Crippen LogP contribution is 2.32. The Morgan fingerprint density at radius 1 is 1.11 bits per heavy atom. The molecule has 1 heterocycles. The molecule has 1 atom stereocenters. The number of hydrogen-bond acceptors (Lipinski definition) is 5. The van der Waals surface area contributed by atoms with E-state index in [0.717, 1.165) is 43.4 Å². The first-order valence-electron chi connectivity index (χ1n) is 12.1. The van der Waals surface area contributed by atoms with E-state index in [-0.39, 0.29) is 5.91 Å². The van der Waals surface area contributed by atoms with Crippen molar-refractivity contribution in [1.82, 2.24) is 10.3 Å². The maximum Gasteiger partial charge on any atom is 0.240 e. The third-order valence-corrected chi connectivity index (χ3v) is 7.91. The van der Waals surface area contributed by atoms with Crippen molar-refractivity contribution in [2.45, 2.75) is 57.9 Å². The highest BCUT2D eigenvalue weighted by molar-refractivity contribution is 9.10. The van der Waals surface area contributed by atoms with Gasteiger partial charge in [-0.15, -0.1) is 11.3 Å². The number of benzene rings is 2. The van der Waals surface area contributed by atoms with Crippen LogP contribution in [0.15, 0.2) is 53.0 Å². The average Bonchev–Trinajstić information content (AvgIpc) is 3.48. The predicted molar refractivity (Wildman–Crippen MR) is 146 cm³/mol. The Balaban J connectivity index is 1.33. The average molecular weight is 556 g/mol. The third kappa shape index (κ3) is 7.15. The molecule has 4 N–H and O–H groups in total. The molecule has 0 saturated heterocycles. The summed E-state index contributed by atoms with van der Waals surface area (Å²) in [6.45, 7) is 2.06. The van der Waals surface area contributed by atoms with Crippen LogP contribution in [0.4, 0.5) is 10.8 Å². The lowest BCUT2D eigenvalue weighted by Gasteiger charge is -2.17. The smallest absolute Gasteiger partial charge is 0.240 e. The molecule has 1 fully saturated rings. The summed E-state index contributed by atoms with van der Waals surface area (Å²) in [4.78, 5) is 30.2. The van der Waals surface area contributed by atoms with Crippen LogP contribution < -0.4 is 16.4 Å². The second-order valence-electron chi connectivity index (χ2n) is 9.17. The summed E-state index contributed by atoms with van der Waals surface area (Å²) in [7, 11) is 0. The van der Waals surface area contributed by atoms with Crippen LogP contribution >= 0.6 is 27.3 Å². The Morgan fingerprint density at radius 2 is 1.80 bits per heavy atom. The second-order valence-corrected chi connectivity index (χ2v) is 11.3. The van der Waals surface area contributed by atoms with E-state index in [1.165, 1.54) is 25.7 Å². The number of amides is 2. The van der Waals surface area contributed by atoms with Crippen molar-refractivity contribution in [3.63, 3.8) is 0 Å². The number of rotatable bonds is 10. The van der Waals surface area contributed by atoms with Gasteiger partial charge < -0.3 is 16.4 Å². The lowest BCUT2D eigenvalue weighted by Crippen LogP contribution is -2.45. The first-order chi connectivity index (χ1) is 16.9. The Hall–Kier alpha value is -2.71. The van der Waals surface area contributed by atoms with Gasteiger partial charge in [-0.05, 0) is 49.1 Å². The van der Waals surface area contributed by atoms with Crippen molar-refractivity contribution < 1.29 is 9.59 Å². The van der Waals surface area contributed by atoms with Gasteiger partial charge in [-0.1, -0.05) is 65.9 Å². The monoisotopic (exact) mass is 554 g/mol. The van der Waals surface area contributed by atoms with E-state index in [9.17, 15) is 9.59 Å². The van der Waals surface area contributed by atoms with Crippen LogP contribution in [-0.4, -0.2) is 22.8 Å². The van der Waals surface area contributed by atoms with Gasteiger partial charge in [-0.3, -0.25) is 9.59 Å². The number of primary amides is 1. The largest absolute Gasteiger partial charge is 0.368 e. The Labute approximate surface area is 218 Å². The molecule has 35 heavy (non-hydrogen) atoms. The lowest BCUT2D eigenvalue weighted by atomic mass is 10.0. The number of anilines is 2. The molecule has 1 aliphatic rings. The number of nitrogens with one attached hydrogen (secondary N) is 2. The molecule has 184 valence electrons. The fourth-order valence-electron chi connectivity index (χ4n) is 4.53. The quantitative estimate of drug-likeness (QED) is 0.281. The van der Waals surface area contributed by atoms with E-state index in [0.29, 0.717) is 18.8 Å². The number of nitrogens with zero attached hydrogens (tertiary/aromatic N) is 1. The fourth-order valence-corrected chi connectivity index (χ4v) is 5.65. The minimum Gasteiger partial charge on any atom is -0.368 e. The van der Waals surface area contributed by atoms with Gasteiger partial charge in [0.15, 0.2) is 5.13 Å². The van der Waals surface area contributed by atoms with Crippen LogP contribution in [0.25, 0.3) is 11.3 Å². The Morgan fingerprint density at radius 3 is 2.46 bits per heavy atom. The van der Waals surface area contributed by atoms with Gasteiger partial charge in [0.25, 0.3) is 0 Å². The molecule has 1 unspecified atom stereocenters. The number of aromatic nitrogens is 1. The van der Waals surface area contributed by atoms with E-state index in [2.05, 4.69) is 33.5 Å². The molecule has 0 aliphatic heterocycles. The van der Waals surface area contributed by atoms with E-state index in [1.54, 1.807) is 11.3 Å². The van der Waals surface area contributed by atoms with E-state index in [4.69, 9.17) is 10.7 Å². The number of thiazole rings is 1. The summed E-state index contributed by atoms with van der Waals surface area (Å²) in [6.07, 6.45) is 6.64. The van der Waals surface area contributed by atoms with Crippen molar-refractivity contribution in [2.24, 2.45) is 11.7 Å². The molecule has 0 bridgehead atoms. The van der Waals surface area contributed by atoms with Crippen LogP contribution in [-0.2, 0) is 16.0 Å². The van der Waals surface area contributed by atoms with Gasteiger partial charge in [0.05, 0.1) is 5.69 Å². The molecule has 6 nitrogen and oxygen atoms in total. The molecule has 1 saturated carbocycles. The molecule has 1 aliphatic carbocycles. The number of carbonyl (C=O) groups is 2. The normalized spacial score (nSPS) is 14.6. The third-order valence-electron chi connectivity index (χ3n) is 6.49. The molecular formula is C27H31BrN4O2S. The fraction of sp³-hybridized carbons (Fsp3) is 0.370. The summed E-state index contributed by atoms with van der Waals surface area (Å²) in [6, 6.07) is 15.2. The number of hydrogen-bond donors (Lipinski definition) is 3. The highest BCUT2D eigenvalue weighted by atomic mass is 79.9. The molecule has 4 rings (SSSR count). The summed E-state index contributed by atoms with van der Waals surface area (Å²) in [5, 5.41) is 7.01. The van der Waals surface area contributed by atoms with Crippen molar-refractivity contribution in [2.75, 3.05) is 5.32 Å². The summed E-state index contributed by atoms with van der Waals surface area (Å²) >= 11 is 5.07. The molecule has 0 radical (unpaired) electrons. The standard InChI is InChI=1S/C27H31BrN4O2S/c1-17-25(20-9-11-21(28)12-10-20)32-27(35-17)30-22-13-6-19(7-14-22)16-23(26(29)34)31-24(33)15-8-18-4-2-3-5-18/h6-7,9-14,18,23H,2-5,8,15-16H2,1H3,(H2,29,34)(H,30,32)(H,31,33). The molecule has 1 aromatic heterocycles. The zero-order chi connectivity index (χ0) is 24.8.